The molecule has 0 saturated carbocycles. The summed E-state index contributed by atoms with van der Waals surface area (Å²) in [6.07, 6.45) is -3.32. The van der Waals surface area contributed by atoms with Crippen LogP contribution in [0.4, 0.5) is 13.2 Å². The summed E-state index contributed by atoms with van der Waals surface area (Å²) < 4.78 is 38.3. The average molecular weight is 321 g/mol. The van der Waals surface area contributed by atoms with E-state index in [4.69, 9.17) is 5.73 Å². The lowest BCUT2D eigenvalue weighted by Gasteiger charge is -2.34. The predicted octanol–water partition coefficient (Wildman–Crippen LogP) is 4.33. The lowest BCUT2D eigenvalue weighted by Crippen LogP contribution is -2.35. The normalized spacial score (nSPS) is 25.4. The molecule has 1 aliphatic rings. The highest BCUT2D eigenvalue weighted by atomic mass is 32.2. The zero-order valence-corrected chi connectivity index (χ0v) is 12.8. The van der Waals surface area contributed by atoms with Crippen molar-refractivity contribution in [3.63, 3.8) is 0 Å². The molecule has 1 fully saturated rings. The highest BCUT2D eigenvalue weighted by Crippen LogP contribution is 2.40. The standard InChI is InChI=1S/C14H18F3NS2/c1-2-11-13(20-7-6-19-11)12(18)9-4-3-5-10(8-9)14(15,16)17/h3-5,8,11-13H,2,6-7,18H2,1H3. The van der Waals surface area contributed by atoms with Crippen molar-refractivity contribution in [2.24, 2.45) is 5.73 Å². The molecule has 1 aliphatic heterocycles. The molecule has 0 aliphatic carbocycles. The van der Waals surface area contributed by atoms with E-state index in [0.717, 1.165) is 24.0 Å². The van der Waals surface area contributed by atoms with E-state index in [2.05, 4.69) is 6.92 Å². The van der Waals surface area contributed by atoms with Crippen molar-refractivity contribution in [2.45, 2.75) is 36.1 Å². The Morgan fingerprint density at radius 1 is 1.30 bits per heavy atom. The summed E-state index contributed by atoms with van der Waals surface area (Å²) in [6, 6.07) is 5.08. The Hall–Kier alpha value is -0.330. The van der Waals surface area contributed by atoms with Crippen LogP contribution in [0.5, 0.6) is 0 Å². The first-order valence-electron chi connectivity index (χ1n) is 6.59. The molecule has 0 amide bonds. The second-order valence-corrected chi connectivity index (χ2v) is 7.43. The van der Waals surface area contributed by atoms with Crippen molar-refractivity contribution in [3.05, 3.63) is 35.4 Å². The Morgan fingerprint density at radius 2 is 2.00 bits per heavy atom. The van der Waals surface area contributed by atoms with Crippen LogP contribution >= 0.6 is 23.5 Å². The molecule has 3 unspecified atom stereocenters. The fourth-order valence-electron chi connectivity index (χ4n) is 2.38. The molecule has 1 aromatic carbocycles. The van der Waals surface area contributed by atoms with Crippen LogP contribution in [0.1, 0.15) is 30.5 Å². The number of nitrogens with two attached hydrogens (primary N) is 1. The van der Waals surface area contributed by atoms with Gasteiger partial charge in [-0.15, -0.1) is 0 Å². The van der Waals surface area contributed by atoms with Crippen LogP contribution in [0.25, 0.3) is 0 Å². The van der Waals surface area contributed by atoms with E-state index < -0.39 is 11.7 Å². The number of thioether (sulfide) groups is 2. The SMILES string of the molecule is CCC1SCCSC1C(N)c1cccc(C(F)(F)F)c1. The van der Waals surface area contributed by atoms with Crippen molar-refractivity contribution in [1.29, 1.82) is 0 Å². The molecule has 6 heteroatoms. The first-order valence-corrected chi connectivity index (χ1v) is 8.69. The van der Waals surface area contributed by atoms with Gasteiger partial charge in [0.15, 0.2) is 0 Å². The van der Waals surface area contributed by atoms with Crippen molar-refractivity contribution in [3.8, 4) is 0 Å². The van der Waals surface area contributed by atoms with Gasteiger partial charge in [0.05, 0.1) is 5.56 Å². The van der Waals surface area contributed by atoms with Crippen molar-refractivity contribution >= 4 is 23.5 Å². The smallest absolute Gasteiger partial charge is 0.323 e. The number of benzene rings is 1. The Morgan fingerprint density at radius 3 is 2.65 bits per heavy atom. The van der Waals surface area contributed by atoms with Crippen LogP contribution in [-0.2, 0) is 6.18 Å². The predicted molar refractivity (Wildman–Crippen MR) is 81.2 cm³/mol. The highest BCUT2D eigenvalue weighted by molar-refractivity contribution is 8.07. The maximum Gasteiger partial charge on any atom is 0.416 e. The van der Waals surface area contributed by atoms with Gasteiger partial charge in [0, 0.05) is 28.0 Å². The van der Waals surface area contributed by atoms with E-state index in [9.17, 15) is 13.2 Å². The second kappa shape index (κ2) is 6.62. The van der Waals surface area contributed by atoms with Gasteiger partial charge in [-0.05, 0) is 24.1 Å². The maximum atomic E-state index is 12.8. The van der Waals surface area contributed by atoms with E-state index >= 15 is 0 Å². The molecule has 1 heterocycles. The quantitative estimate of drug-likeness (QED) is 0.897. The summed E-state index contributed by atoms with van der Waals surface area (Å²) in [5.41, 5.74) is 6.21. The molecule has 2 rings (SSSR count). The topological polar surface area (TPSA) is 26.0 Å². The molecule has 1 saturated heterocycles. The Labute approximate surface area is 125 Å². The summed E-state index contributed by atoms with van der Waals surface area (Å²) in [4.78, 5) is 0. The summed E-state index contributed by atoms with van der Waals surface area (Å²) >= 11 is 3.67. The van der Waals surface area contributed by atoms with Gasteiger partial charge in [0.1, 0.15) is 0 Å². The average Bonchev–Trinajstić information content (AvgIpc) is 2.45. The van der Waals surface area contributed by atoms with Crippen LogP contribution in [-0.4, -0.2) is 22.0 Å². The van der Waals surface area contributed by atoms with Crippen LogP contribution in [0.15, 0.2) is 24.3 Å². The maximum absolute atomic E-state index is 12.8. The molecule has 1 aromatic rings. The van der Waals surface area contributed by atoms with Crippen LogP contribution in [0.2, 0.25) is 0 Å². The van der Waals surface area contributed by atoms with Crippen molar-refractivity contribution < 1.29 is 13.2 Å². The molecule has 3 atom stereocenters. The van der Waals surface area contributed by atoms with Crippen molar-refractivity contribution in [2.75, 3.05) is 11.5 Å². The molecule has 0 radical (unpaired) electrons. The fourth-order valence-corrected chi connectivity index (χ4v) is 5.57. The second-order valence-electron chi connectivity index (χ2n) is 4.80. The minimum atomic E-state index is -4.31. The van der Waals surface area contributed by atoms with E-state index in [0.29, 0.717) is 10.8 Å². The number of alkyl halides is 3. The molecule has 2 N–H and O–H groups in total. The van der Waals surface area contributed by atoms with Gasteiger partial charge < -0.3 is 5.73 Å². The number of hydrogen-bond donors (Lipinski definition) is 1. The minimum absolute atomic E-state index is 0.183. The molecule has 0 bridgehead atoms. The zero-order valence-electron chi connectivity index (χ0n) is 11.2. The summed E-state index contributed by atoms with van der Waals surface area (Å²) in [5, 5.41) is 0.598. The molecule has 0 aromatic heterocycles. The van der Waals surface area contributed by atoms with Crippen LogP contribution < -0.4 is 5.73 Å². The molecular weight excluding hydrogens is 303 g/mol. The van der Waals surface area contributed by atoms with Gasteiger partial charge in [-0.1, -0.05) is 19.1 Å². The lowest BCUT2D eigenvalue weighted by molar-refractivity contribution is -0.137. The fraction of sp³-hybridized carbons (Fsp3) is 0.571. The van der Waals surface area contributed by atoms with E-state index in [1.165, 1.54) is 12.1 Å². The number of halogens is 3. The Kier molecular flexibility index (Phi) is 5.31. The molecule has 0 spiro atoms. The van der Waals surface area contributed by atoms with Gasteiger partial charge in [0.2, 0.25) is 0 Å². The first-order chi connectivity index (χ1) is 9.43. The Balaban J connectivity index is 2.21. The molecule has 112 valence electrons. The summed E-state index contributed by atoms with van der Waals surface area (Å²) in [7, 11) is 0. The van der Waals surface area contributed by atoms with E-state index in [1.54, 1.807) is 17.8 Å². The highest BCUT2D eigenvalue weighted by Gasteiger charge is 2.34. The van der Waals surface area contributed by atoms with Gasteiger partial charge in [-0.25, -0.2) is 0 Å². The Bertz CT molecular complexity index is 450. The van der Waals surface area contributed by atoms with E-state index in [1.807, 2.05) is 11.8 Å². The lowest BCUT2D eigenvalue weighted by atomic mass is 9.99. The molecule has 1 nitrogen and oxygen atoms in total. The summed E-state index contributed by atoms with van der Waals surface area (Å²) in [5.74, 6) is 2.10. The zero-order chi connectivity index (χ0) is 14.8. The third-order valence-electron chi connectivity index (χ3n) is 3.45. The van der Waals surface area contributed by atoms with E-state index in [-0.39, 0.29) is 11.3 Å². The monoisotopic (exact) mass is 321 g/mol. The van der Waals surface area contributed by atoms with Gasteiger partial charge in [-0.2, -0.15) is 36.7 Å². The number of rotatable bonds is 3. The summed E-state index contributed by atoms with van der Waals surface area (Å²) in [6.45, 7) is 2.11. The van der Waals surface area contributed by atoms with Crippen LogP contribution in [0.3, 0.4) is 0 Å². The minimum Gasteiger partial charge on any atom is -0.323 e. The van der Waals surface area contributed by atoms with Gasteiger partial charge in [-0.3, -0.25) is 0 Å². The number of hydrogen-bond acceptors (Lipinski definition) is 3. The largest absolute Gasteiger partial charge is 0.416 e. The molecule has 20 heavy (non-hydrogen) atoms. The third-order valence-corrected chi connectivity index (χ3v) is 6.82. The third kappa shape index (κ3) is 3.65. The first kappa shape index (κ1) is 16.0. The molecular formula is C14H18F3NS2. The van der Waals surface area contributed by atoms with Crippen LogP contribution in [0, 0.1) is 0 Å². The van der Waals surface area contributed by atoms with Crippen molar-refractivity contribution in [1.82, 2.24) is 0 Å². The van der Waals surface area contributed by atoms with Gasteiger partial charge >= 0.3 is 6.18 Å². The van der Waals surface area contributed by atoms with Gasteiger partial charge in [0.25, 0.3) is 0 Å².